The van der Waals surface area contributed by atoms with E-state index in [1.165, 1.54) is 11.0 Å². The van der Waals surface area contributed by atoms with Crippen LogP contribution in [0.5, 0.6) is 0 Å². The van der Waals surface area contributed by atoms with Gasteiger partial charge in [-0.3, -0.25) is 14.5 Å². The van der Waals surface area contributed by atoms with Gasteiger partial charge in [-0.25, -0.2) is 4.98 Å². The summed E-state index contributed by atoms with van der Waals surface area (Å²) >= 11 is 0. The number of aromatic nitrogens is 1. The Kier molecular flexibility index (Phi) is 4.83. The van der Waals surface area contributed by atoms with Gasteiger partial charge < -0.3 is 4.90 Å². The molecule has 0 aromatic carbocycles. The van der Waals surface area contributed by atoms with Crippen molar-refractivity contribution >= 4 is 17.6 Å². The molecule has 1 saturated carbocycles. The first kappa shape index (κ1) is 19.2. The number of piperidine rings is 1. The van der Waals surface area contributed by atoms with E-state index in [2.05, 4.69) is 4.98 Å². The van der Waals surface area contributed by atoms with Crippen LogP contribution in [0.1, 0.15) is 56.9 Å². The highest BCUT2D eigenvalue weighted by atomic mass is 19.4. The van der Waals surface area contributed by atoms with E-state index in [1.54, 1.807) is 0 Å². The molecule has 1 unspecified atom stereocenters. The maximum Gasteiger partial charge on any atom is 0.417 e. The van der Waals surface area contributed by atoms with Gasteiger partial charge in [0.25, 0.3) is 0 Å². The van der Waals surface area contributed by atoms with E-state index in [0.29, 0.717) is 31.7 Å². The largest absolute Gasteiger partial charge is 0.417 e. The highest BCUT2D eigenvalue weighted by Crippen LogP contribution is 2.44. The molecule has 152 valence electrons. The Balaban J connectivity index is 1.53. The number of alkyl halides is 3. The Morgan fingerprint density at radius 1 is 1.07 bits per heavy atom. The molecule has 3 heterocycles. The molecule has 8 heteroatoms. The van der Waals surface area contributed by atoms with Crippen molar-refractivity contribution in [2.45, 2.75) is 63.6 Å². The van der Waals surface area contributed by atoms with Gasteiger partial charge in [-0.15, -0.1) is 0 Å². The number of anilines is 1. The molecule has 2 amide bonds. The zero-order chi connectivity index (χ0) is 19.9. The molecule has 28 heavy (non-hydrogen) atoms. The summed E-state index contributed by atoms with van der Waals surface area (Å²) in [4.78, 5) is 33.3. The van der Waals surface area contributed by atoms with Gasteiger partial charge in [0.05, 0.1) is 11.0 Å². The monoisotopic (exact) mass is 395 g/mol. The van der Waals surface area contributed by atoms with E-state index in [0.717, 1.165) is 44.4 Å². The van der Waals surface area contributed by atoms with E-state index in [-0.39, 0.29) is 24.3 Å². The molecule has 3 fully saturated rings. The Hall–Kier alpha value is -2.12. The normalized spacial score (nSPS) is 27.1. The maximum absolute atomic E-state index is 13.3. The smallest absolute Gasteiger partial charge is 0.356 e. The van der Waals surface area contributed by atoms with Crippen molar-refractivity contribution in [3.8, 4) is 0 Å². The molecule has 5 nitrogen and oxygen atoms in total. The van der Waals surface area contributed by atoms with Crippen LogP contribution in [0.4, 0.5) is 19.0 Å². The fourth-order valence-electron chi connectivity index (χ4n) is 4.91. The zero-order valence-corrected chi connectivity index (χ0v) is 15.7. The van der Waals surface area contributed by atoms with Crippen LogP contribution in [0, 0.1) is 5.41 Å². The van der Waals surface area contributed by atoms with Gasteiger partial charge in [-0.2, -0.15) is 13.2 Å². The second-order valence-corrected chi connectivity index (χ2v) is 8.25. The van der Waals surface area contributed by atoms with Crippen molar-refractivity contribution in [3.63, 3.8) is 0 Å². The summed E-state index contributed by atoms with van der Waals surface area (Å²) in [6.07, 6.45) is 2.90. The number of imide groups is 1. The van der Waals surface area contributed by atoms with Crippen LogP contribution in [-0.4, -0.2) is 40.8 Å². The standard InChI is InChI=1S/C20H24F3N3O2/c21-20(22,23)14-7-8-16(24-12-14)25-10-4-9-19(13-25)11-17(27)26(18(19)28)15-5-2-1-3-6-15/h7-8,12,15H,1-6,9-11,13H2. The summed E-state index contributed by atoms with van der Waals surface area (Å²) in [6, 6.07) is 2.37. The quantitative estimate of drug-likeness (QED) is 0.716. The second kappa shape index (κ2) is 7.04. The molecule has 0 N–H and O–H groups in total. The number of pyridine rings is 1. The van der Waals surface area contributed by atoms with Crippen LogP contribution in [0.3, 0.4) is 0 Å². The van der Waals surface area contributed by atoms with Gasteiger partial charge in [0.15, 0.2) is 0 Å². The van der Waals surface area contributed by atoms with E-state index in [9.17, 15) is 22.8 Å². The van der Waals surface area contributed by atoms with Gasteiger partial charge in [0.2, 0.25) is 11.8 Å². The number of halogens is 3. The molecule has 2 saturated heterocycles. The highest BCUT2D eigenvalue weighted by Gasteiger charge is 2.55. The average Bonchev–Trinajstić information content (AvgIpc) is 2.91. The summed E-state index contributed by atoms with van der Waals surface area (Å²) in [5.41, 5.74) is -1.56. The number of carbonyl (C=O) groups is 2. The SMILES string of the molecule is O=C1CC2(CCCN(c3ccc(C(F)(F)F)cn3)C2)C(=O)N1C1CCCCC1. The molecule has 3 aliphatic rings. The van der Waals surface area contributed by atoms with E-state index in [4.69, 9.17) is 0 Å². The van der Waals surface area contributed by atoms with Crippen molar-refractivity contribution in [3.05, 3.63) is 23.9 Å². The van der Waals surface area contributed by atoms with Gasteiger partial charge in [-0.1, -0.05) is 19.3 Å². The third-order valence-corrected chi connectivity index (χ3v) is 6.35. The van der Waals surface area contributed by atoms with Crippen LogP contribution in [0.15, 0.2) is 18.3 Å². The predicted octanol–water partition coefficient (Wildman–Crippen LogP) is 3.78. The summed E-state index contributed by atoms with van der Waals surface area (Å²) in [7, 11) is 0. The fourth-order valence-corrected chi connectivity index (χ4v) is 4.91. The number of rotatable bonds is 2. The Bertz CT molecular complexity index is 759. The van der Waals surface area contributed by atoms with Gasteiger partial charge in [0.1, 0.15) is 5.82 Å². The second-order valence-electron chi connectivity index (χ2n) is 8.25. The first-order chi connectivity index (χ1) is 13.3. The Morgan fingerprint density at radius 2 is 1.82 bits per heavy atom. The van der Waals surface area contributed by atoms with Crippen LogP contribution >= 0.6 is 0 Å². The van der Waals surface area contributed by atoms with Crippen molar-refractivity contribution in [1.82, 2.24) is 9.88 Å². The summed E-state index contributed by atoms with van der Waals surface area (Å²) < 4.78 is 38.3. The molecule has 1 aliphatic carbocycles. The Morgan fingerprint density at radius 3 is 2.46 bits per heavy atom. The number of likely N-dealkylation sites (tertiary alicyclic amines) is 1. The fraction of sp³-hybridized carbons (Fsp3) is 0.650. The van der Waals surface area contributed by atoms with Gasteiger partial charge >= 0.3 is 6.18 Å². The number of amides is 2. The van der Waals surface area contributed by atoms with Crippen molar-refractivity contribution < 1.29 is 22.8 Å². The first-order valence-corrected chi connectivity index (χ1v) is 9.95. The molecule has 1 spiro atoms. The molecule has 2 aliphatic heterocycles. The van der Waals surface area contributed by atoms with Crippen LogP contribution < -0.4 is 4.90 Å². The van der Waals surface area contributed by atoms with Gasteiger partial charge in [0, 0.05) is 31.7 Å². The number of hydrogen-bond donors (Lipinski definition) is 0. The third kappa shape index (κ3) is 3.37. The molecule has 1 aromatic heterocycles. The number of hydrogen-bond acceptors (Lipinski definition) is 4. The molecule has 0 radical (unpaired) electrons. The summed E-state index contributed by atoms with van der Waals surface area (Å²) in [5, 5.41) is 0. The van der Waals surface area contributed by atoms with Crippen molar-refractivity contribution in [2.75, 3.05) is 18.0 Å². The lowest BCUT2D eigenvalue weighted by atomic mass is 9.78. The predicted molar refractivity (Wildman–Crippen MR) is 96.5 cm³/mol. The maximum atomic E-state index is 13.3. The lowest BCUT2D eigenvalue weighted by Gasteiger charge is -2.40. The third-order valence-electron chi connectivity index (χ3n) is 6.35. The highest BCUT2D eigenvalue weighted by molar-refractivity contribution is 6.06. The first-order valence-electron chi connectivity index (χ1n) is 9.95. The van der Waals surface area contributed by atoms with Crippen LogP contribution in [0.25, 0.3) is 0 Å². The minimum absolute atomic E-state index is 0.00713. The Labute approximate surface area is 161 Å². The topological polar surface area (TPSA) is 53.5 Å². The zero-order valence-electron chi connectivity index (χ0n) is 15.7. The van der Waals surface area contributed by atoms with Crippen LogP contribution in [0.2, 0.25) is 0 Å². The van der Waals surface area contributed by atoms with E-state index in [1.807, 2.05) is 4.90 Å². The van der Waals surface area contributed by atoms with E-state index < -0.39 is 17.2 Å². The minimum atomic E-state index is -4.43. The lowest BCUT2D eigenvalue weighted by molar-refractivity contribution is -0.145. The molecule has 1 atom stereocenters. The molecule has 0 bridgehead atoms. The lowest BCUT2D eigenvalue weighted by Crippen LogP contribution is -2.50. The molecular weight excluding hydrogens is 371 g/mol. The minimum Gasteiger partial charge on any atom is -0.356 e. The summed E-state index contributed by atoms with van der Waals surface area (Å²) in [5.74, 6) is 0.226. The number of nitrogens with zero attached hydrogens (tertiary/aromatic N) is 3. The van der Waals surface area contributed by atoms with Crippen molar-refractivity contribution in [1.29, 1.82) is 0 Å². The number of carbonyl (C=O) groups excluding carboxylic acids is 2. The molecule has 1 aromatic rings. The van der Waals surface area contributed by atoms with Gasteiger partial charge in [-0.05, 0) is 37.8 Å². The molecular formula is C20H24F3N3O2. The summed E-state index contributed by atoms with van der Waals surface area (Å²) in [6.45, 7) is 0.949. The average molecular weight is 395 g/mol. The molecule has 4 rings (SSSR count). The van der Waals surface area contributed by atoms with Crippen molar-refractivity contribution in [2.24, 2.45) is 5.41 Å². The van der Waals surface area contributed by atoms with E-state index >= 15 is 0 Å². The van der Waals surface area contributed by atoms with Crippen LogP contribution in [-0.2, 0) is 15.8 Å².